The first-order valence-electron chi connectivity index (χ1n) is 5.59. The fourth-order valence-electron chi connectivity index (χ4n) is 1.64. The largest absolute Gasteiger partial charge is 0.313 e. The Bertz CT molecular complexity index is 123. The van der Waals surface area contributed by atoms with Gasteiger partial charge in [0.05, 0.1) is 0 Å². The third-order valence-electron chi connectivity index (χ3n) is 2.67. The van der Waals surface area contributed by atoms with Crippen molar-refractivity contribution in [2.45, 2.75) is 45.1 Å². The molecule has 1 aliphatic rings. The zero-order chi connectivity index (χ0) is 9.52. The van der Waals surface area contributed by atoms with Gasteiger partial charge in [0.2, 0.25) is 0 Å². The lowest BCUT2D eigenvalue weighted by molar-refractivity contribution is 0.489. The maximum Gasteiger partial charge on any atom is 0.0158 e. The quantitative estimate of drug-likeness (QED) is 0.648. The van der Waals surface area contributed by atoms with Gasteiger partial charge in [0.15, 0.2) is 0 Å². The molecule has 1 aliphatic carbocycles. The van der Waals surface area contributed by atoms with Gasteiger partial charge in [-0.05, 0) is 38.0 Å². The van der Waals surface area contributed by atoms with Crippen molar-refractivity contribution in [3.05, 3.63) is 0 Å². The van der Waals surface area contributed by atoms with Gasteiger partial charge in [0, 0.05) is 11.8 Å². The third-order valence-corrected chi connectivity index (χ3v) is 3.41. The first kappa shape index (κ1) is 11.4. The Labute approximate surface area is 87.1 Å². The molecule has 0 radical (unpaired) electrons. The van der Waals surface area contributed by atoms with Crippen molar-refractivity contribution in [2.24, 2.45) is 5.92 Å². The number of hydrogen-bond donors (Lipinski definition) is 1. The van der Waals surface area contributed by atoms with Crippen LogP contribution in [0.5, 0.6) is 0 Å². The fourth-order valence-corrected chi connectivity index (χ4v) is 2.32. The van der Waals surface area contributed by atoms with E-state index in [2.05, 4.69) is 18.5 Å². The van der Waals surface area contributed by atoms with E-state index in [1.807, 2.05) is 11.8 Å². The van der Waals surface area contributed by atoms with Crippen LogP contribution in [0.25, 0.3) is 0 Å². The van der Waals surface area contributed by atoms with Crippen molar-refractivity contribution in [3.63, 3.8) is 0 Å². The van der Waals surface area contributed by atoms with Crippen LogP contribution in [0.15, 0.2) is 0 Å². The minimum atomic E-state index is 0.774. The molecule has 1 rings (SSSR count). The summed E-state index contributed by atoms with van der Waals surface area (Å²) in [4.78, 5) is 0. The molecule has 0 saturated heterocycles. The van der Waals surface area contributed by atoms with Gasteiger partial charge < -0.3 is 5.32 Å². The molecule has 78 valence electrons. The summed E-state index contributed by atoms with van der Waals surface area (Å²) in [5.41, 5.74) is 0. The number of thioether (sulfide) groups is 1. The monoisotopic (exact) mass is 201 g/mol. The first-order chi connectivity index (χ1) is 6.36. The molecule has 1 saturated carbocycles. The van der Waals surface area contributed by atoms with Crippen molar-refractivity contribution in [1.82, 2.24) is 5.32 Å². The van der Waals surface area contributed by atoms with Crippen LogP contribution >= 0.6 is 11.8 Å². The second kappa shape index (κ2) is 6.72. The van der Waals surface area contributed by atoms with E-state index in [4.69, 9.17) is 0 Å². The Morgan fingerprint density at radius 1 is 1.46 bits per heavy atom. The van der Waals surface area contributed by atoms with Gasteiger partial charge in [-0.3, -0.25) is 0 Å². The molecule has 0 aliphatic heterocycles. The van der Waals surface area contributed by atoms with Gasteiger partial charge in [-0.2, -0.15) is 11.8 Å². The highest BCUT2D eigenvalue weighted by molar-refractivity contribution is 7.98. The van der Waals surface area contributed by atoms with E-state index in [1.165, 1.54) is 44.4 Å². The highest BCUT2D eigenvalue weighted by Crippen LogP contribution is 2.34. The zero-order valence-electron chi connectivity index (χ0n) is 9.01. The molecule has 0 spiro atoms. The summed E-state index contributed by atoms with van der Waals surface area (Å²) in [6.45, 7) is 3.43. The zero-order valence-corrected chi connectivity index (χ0v) is 9.83. The Hall–Kier alpha value is 0.310. The second-order valence-electron chi connectivity index (χ2n) is 4.13. The molecule has 1 N–H and O–H groups in total. The molecule has 13 heavy (non-hydrogen) atoms. The molecule has 0 aromatic heterocycles. The summed E-state index contributed by atoms with van der Waals surface area (Å²) < 4.78 is 0. The number of hydrogen-bond acceptors (Lipinski definition) is 2. The van der Waals surface area contributed by atoms with Crippen molar-refractivity contribution >= 4 is 11.8 Å². The third kappa shape index (κ3) is 5.58. The van der Waals surface area contributed by atoms with Crippen molar-refractivity contribution in [2.75, 3.05) is 18.6 Å². The fraction of sp³-hybridized carbons (Fsp3) is 1.00. The van der Waals surface area contributed by atoms with Gasteiger partial charge in [-0.25, -0.2) is 0 Å². The Morgan fingerprint density at radius 3 is 2.77 bits per heavy atom. The average molecular weight is 201 g/mol. The van der Waals surface area contributed by atoms with Gasteiger partial charge in [0.1, 0.15) is 0 Å². The molecule has 0 aromatic rings. The lowest BCUT2D eigenvalue weighted by Gasteiger charge is -2.16. The van der Waals surface area contributed by atoms with E-state index in [9.17, 15) is 0 Å². The molecule has 1 atom stereocenters. The van der Waals surface area contributed by atoms with Crippen LogP contribution in [-0.2, 0) is 0 Å². The van der Waals surface area contributed by atoms with Crippen LogP contribution in [0.3, 0.4) is 0 Å². The molecule has 0 bridgehead atoms. The predicted molar refractivity (Wildman–Crippen MR) is 62.4 cm³/mol. The van der Waals surface area contributed by atoms with E-state index < -0.39 is 0 Å². The van der Waals surface area contributed by atoms with E-state index in [0.29, 0.717) is 0 Å². The molecule has 1 fully saturated rings. The van der Waals surface area contributed by atoms with Crippen LogP contribution in [0.4, 0.5) is 0 Å². The molecular formula is C11H23NS. The summed E-state index contributed by atoms with van der Waals surface area (Å²) in [6, 6.07) is 0.774. The molecule has 0 aromatic carbocycles. The van der Waals surface area contributed by atoms with E-state index in [-0.39, 0.29) is 0 Å². The Morgan fingerprint density at radius 2 is 2.23 bits per heavy atom. The summed E-state index contributed by atoms with van der Waals surface area (Å²) in [7, 11) is 0. The Kier molecular flexibility index (Phi) is 5.88. The molecule has 0 heterocycles. The molecule has 1 unspecified atom stereocenters. The SMILES string of the molecule is CCCNC(CCC1CC1)CSC. The lowest BCUT2D eigenvalue weighted by Crippen LogP contribution is -2.32. The van der Waals surface area contributed by atoms with Crippen molar-refractivity contribution in [3.8, 4) is 0 Å². The minimum absolute atomic E-state index is 0.774. The highest BCUT2D eigenvalue weighted by atomic mass is 32.2. The van der Waals surface area contributed by atoms with Crippen LogP contribution in [0.2, 0.25) is 0 Å². The van der Waals surface area contributed by atoms with Crippen LogP contribution < -0.4 is 5.32 Å². The molecule has 1 nitrogen and oxygen atoms in total. The van der Waals surface area contributed by atoms with E-state index in [0.717, 1.165) is 12.0 Å². The normalized spacial score (nSPS) is 18.9. The highest BCUT2D eigenvalue weighted by Gasteiger charge is 2.22. The molecular weight excluding hydrogens is 178 g/mol. The van der Waals surface area contributed by atoms with Crippen molar-refractivity contribution in [1.29, 1.82) is 0 Å². The van der Waals surface area contributed by atoms with Gasteiger partial charge >= 0.3 is 0 Å². The summed E-state index contributed by atoms with van der Waals surface area (Å²) in [5, 5.41) is 3.63. The minimum Gasteiger partial charge on any atom is -0.313 e. The maximum absolute atomic E-state index is 3.63. The van der Waals surface area contributed by atoms with E-state index >= 15 is 0 Å². The first-order valence-corrected chi connectivity index (χ1v) is 6.98. The smallest absolute Gasteiger partial charge is 0.0158 e. The number of nitrogens with one attached hydrogen (secondary N) is 1. The Balaban J connectivity index is 2.03. The van der Waals surface area contributed by atoms with Gasteiger partial charge in [-0.1, -0.05) is 19.8 Å². The van der Waals surface area contributed by atoms with Crippen LogP contribution in [0.1, 0.15) is 39.0 Å². The second-order valence-corrected chi connectivity index (χ2v) is 5.04. The standard InChI is InChI=1S/C11H23NS/c1-3-8-12-11(9-13-2)7-6-10-4-5-10/h10-12H,3-9H2,1-2H3. The predicted octanol–water partition coefficient (Wildman–Crippen LogP) is 2.91. The van der Waals surface area contributed by atoms with E-state index in [1.54, 1.807) is 0 Å². The van der Waals surface area contributed by atoms with Gasteiger partial charge in [0.25, 0.3) is 0 Å². The van der Waals surface area contributed by atoms with Gasteiger partial charge in [-0.15, -0.1) is 0 Å². The van der Waals surface area contributed by atoms with Crippen molar-refractivity contribution < 1.29 is 0 Å². The average Bonchev–Trinajstić information content (AvgIpc) is 2.93. The molecule has 2 heteroatoms. The summed E-state index contributed by atoms with van der Waals surface area (Å²) in [6.07, 6.45) is 9.32. The van der Waals surface area contributed by atoms with Crippen LogP contribution in [0, 0.1) is 5.92 Å². The summed E-state index contributed by atoms with van der Waals surface area (Å²) >= 11 is 1.97. The topological polar surface area (TPSA) is 12.0 Å². The summed E-state index contributed by atoms with van der Waals surface area (Å²) in [5.74, 6) is 2.37. The lowest BCUT2D eigenvalue weighted by atomic mass is 10.1. The van der Waals surface area contributed by atoms with Crippen LogP contribution in [-0.4, -0.2) is 24.6 Å². The maximum atomic E-state index is 3.63. The molecule has 0 amide bonds. The number of rotatable bonds is 8.